The van der Waals surface area contributed by atoms with Crippen LogP contribution in [0.2, 0.25) is 0 Å². The van der Waals surface area contributed by atoms with E-state index in [0.717, 1.165) is 48.3 Å². The molecular formula is C31H41N5O5. The number of rotatable bonds is 11. The van der Waals surface area contributed by atoms with E-state index in [4.69, 9.17) is 19.2 Å². The van der Waals surface area contributed by atoms with Crippen molar-refractivity contribution in [3.63, 3.8) is 0 Å². The van der Waals surface area contributed by atoms with Crippen LogP contribution in [0, 0.1) is 0 Å². The molecule has 1 aliphatic rings. The van der Waals surface area contributed by atoms with Crippen LogP contribution in [0.25, 0.3) is 11.3 Å². The van der Waals surface area contributed by atoms with E-state index in [1.54, 1.807) is 14.2 Å². The first kappa shape index (κ1) is 29.9. The quantitative estimate of drug-likeness (QED) is 0.276. The first-order valence-electron chi connectivity index (χ1n) is 14.2. The molecule has 1 aliphatic carbocycles. The zero-order valence-corrected chi connectivity index (χ0v) is 24.3. The Kier molecular flexibility index (Phi) is 10.6. The van der Waals surface area contributed by atoms with Crippen LogP contribution < -0.4 is 20.7 Å². The molecule has 1 heterocycles. The highest BCUT2D eigenvalue weighted by Crippen LogP contribution is 2.37. The lowest BCUT2D eigenvalue weighted by atomic mass is 9.85. The standard InChI is InChI=1S/C31H41N5O5/c1-21(2)41-31(38)35-24-12-10-23(11-13-24)29-32-20-27(36(29)16-17-39-3)26-15-14-25(18-28(26)40-4)34-30(37)33-19-22-8-6-5-7-9-22/h5-9,14-15,18,20-21,23-24H,10-13,16-17,19H2,1-4H3,(H,35,38)(H2,33,34,37). The normalized spacial score (nSPS) is 16.7. The zero-order chi connectivity index (χ0) is 29.2. The average Bonchev–Trinajstić information content (AvgIpc) is 3.39. The van der Waals surface area contributed by atoms with Crippen molar-refractivity contribution in [3.8, 4) is 17.0 Å². The van der Waals surface area contributed by atoms with Crippen LogP contribution in [-0.2, 0) is 22.6 Å². The minimum absolute atomic E-state index is 0.101. The SMILES string of the molecule is COCCn1c(-c2ccc(NC(=O)NCc3ccccc3)cc2OC)cnc1C1CCC(NC(=O)OC(C)C)CC1. The molecule has 1 saturated carbocycles. The third kappa shape index (κ3) is 8.23. The molecule has 4 rings (SSSR count). The molecule has 0 saturated heterocycles. The smallest absolute Gasteiger partial charge is 0.407 e. The maximum Gasteiger partial charge on any atom is 0.407 e. The van der Waals surface area contributed by atoms with Crippen LogP contribution in [-0.4, -0.2) is 54.6 Å². The van der Waals surface area contributed by atoms with Crippen LogP contribution in [0.3, 0.4) is 0 Å². The molecule has 10 heteroatoms. The van der Waals surface area contributed by atoms with Gasteiger partial charge in [-0.15, -0.1) is 0 Å². The Morgan fingerprint density at radius 1 is 1.05 bits per heavy atom. The van der Waals surface area contributed by atoms with E-state index in [2.05, 4.69) is 20.5 Å². The number of carbonyl (C=O) groups excluding carboxylic acids is 2. The Labute approximate surface area is 241 Å². The number of methoxy groups -OCH3 is 2. The van der Waals surface area contributed by atoms with Gasteiger partial charge in [-0.2, -0.15) is 0 Å². The van der Waals surface area contributed by atoms with Crippen molar-refractivity contribution in [2.75, 3.05) is 26.1 Å². The molecule has 0 aliphatic heterocycles. The van der Waals surface area contributed by atoms with Gasteiger partial charge in [0.25, 0.3) is 0 Å². The Morgan fingerprint density at radius 3 is 2.49 bits per heavy atom. The molecule has 0 bridgehead atoms. The highest BCUT2D eigenvalue weighted by atomic mass is 16.6. The van der Waals surface area contributed by atoms with Gasteiger partial charge in [0, 0.05) is 49.5 Å². The van der Waals surface area contributed by atoms with Crippen molar-refractivity contribution in [2.45, 2.75) is 70.7 Å². The molecule has 0 spiro atoms. The number of benzene rings is 2. The van der Waals surface area contributed by atoms with Gasteiger partial charge < -0.3 is 34.7 Å². The molecule has 3 amide bonds. The number of nitrogens with zero attached hydrogens (tertiary/aromatic N) is 2. The highest BCUT2D eigenvalue weighted by Gasteiger charge is 2.28. The molecule has 0 radical (unpaired) electrons. The summed E-state index contributed by atoms with van der Waals surface area (Å²) in [5.74, 6) is 1.90. The average molecular weight is 564 g/mol. The van der Waals surface area contributed by atoms with Crippen molar-refractivity contribution < 1.29 is 23.8 Å². The summed E-state index contributed by atoms with van der Waals surface area (Å²) in [6, 6.07) is 15.2. The largest absolute Gasteiger partial charge is 0.496 e. The van der Waals surface area contributed by atoms with Gasteiger partial charge in [0.05, 0.1) is 31.7 Å². The van der Waals surface area contributed by atoms with Crippen LogP contribution >= 0.6 is 0 Å². The van der Waals surface area contributed by atoms with Crippen molar-refractivity contribution in [2.24, 2.45) is 0 Å². The van der Waals surface area contributed by atoms with Gasteiger partial charge in [-0.3, -0.25) is 0 Å². The summed E-state index contributed by atoms with van der Waals surface area (Å²) >= 11 is 0. The van der Waals surface area contributed by atoms with E-state index >= 15 is 0 Å². The first-order chi connectivity index (χ1) is 19.9. The summed E-state index contributed by atoms with van der Waals surface area (Å²) in [7, 11) is 3.31. The fourth-order valence-corrected chi connectivity index (χ4v) is 5.19. The van der Waals surface area contributed by atoms with Gasteiger partial charge in [-0.05, 0) is 57.2 Å². The van der Waals surface area contributed by atoms with E-state index in [9.17, 15) is 9.59 Å². The lowest BCUT2D eigenvalue weighted by molar-refractivity contribution is 0.109. The van der Waals surface area contributed by atoms with Gasteiger partial charge in [0.1, 0.15) is 11.6 Å². The van der Waals surface area contributed by atoms with Crippen LogP contribution in [0.4, 0.5) is 15.3 Å². The van der Waals surface area contributed by atoms with Crippen molar-refractivity contribution in [1.29, 1.82) is 0 Å². The summed E-state index contributed by atoms with van der Waals surface area (Å²) in [5, 5.41) is 8.76. The number of hydrogen-bond donors (Lipinski definition) is 3. The van der Waals surface area contributed by atoms with E-state index in [0.29, 0.717) is 31.1 Å². The van der Waals surface area contributed by atoms with Gasteiger partial charge in [-0.25, -0.2) is 14.6 Å². The van der Waals surface area contributed by atoms with Crippen LogP contribution in [0.1, 0.15) is 56.8 Å². The van der Waals surface area contributed by atoms with E-state index in [1.165, 1.54) is 0 Å². The second kappa shape index (κ2) is 14.5. The Morgan fingerprint density at radius 2 is 1.80 bits per heavy atom. The van der Waals surface area contributed by atoms with Gasteiger partial charge >= 0.3 is 12.1 Å². The molecule has 2 aromatic carbocycles. The minimum atomic E-state index is -0.356. The second-order valence-corrected chi connectivity index (χ2v) is 10.5. The molecule has 1 aromatic heterocycles. The molecule has 1 fully saturated rings. The Balaban J connectivity index is 1.46. The third-order valence-electron chi connectivity index (χ3n) is 7.19. The van der Waals surface area contributed by atoms with E-state index in [-0.39, 0.29) is 30.2 Å². The van der Waals surface area contributed by atoms with Crippen molar-refractivity contribution >= 4 is 17.8 Å². The van der Waals surface area contributed by atoms with Crippen molar-refractivity contribution in [3.05, 3.63) is 66.1 Å². The van der Waals surface area contributed by atoms with Crippen LogP contribution in [0.5, 0.6) is 5.75 Å². The maximum absolute atomic E-state index is 12.5. The number of alkyl carbamates (subject to hydrolysis) is 1. The molecule has 41 heavy (non-hydrogen) atoms. The van der Waals surface area contributed by atoms with E-state index < -0.39 is 0 Å². The predicted octanol–water partition coefficient (Wildman–Crippen LogP) is 5.69. The van der Waals surface area contributed by atoms with Crippen molar-refractivity contribution in [1.82, 2.24) is 20.2 Å². The van der Waals surface area contributed by atoms with Gasteiger partial charge in [0.15, 0.2) is 0 Å². The highest BCUT2D eigenvalue weighted by molar-refractivity contribution is 5.90. The summed E-state index contributed by atoms with van der Waals surface area (Å²) < 4.78 is 18.6. The topological polar surface area (TPSA) is 116 Å². The third-order valence-corrected chi connectivity index (χ3v) is 7.19. The summed E-state index contributed by atoms with van der Waals surface area (Å²) in [5.41, 5.74) is 3.45. The number of ether oxygens (including phenoxy) is 3. The Bertz CT molecular complexity index is 1290. The number of imidazole rings is 1. The summed E-state index contributed by atoms with van der Waals surface area (Å²) in [6.45, 7) is 5.31. The summed E-state index contributed by atoms with van der Waals surface area (Å²) in [4.78, 5) is 29.4. The number of nitrogens with one attached hydrogen (secondary N) is 3. The maximum atomic E-state index is 12.5. The first-order valence-corrected chi connectivity index (χ1v) is 14.2. The minimum Gasteiger partial charge on any atom is -0.496 e. The monoisotopic (exact) mass is 563 g/mol. The lowest BCUT2D eigenvalue weighted by Crippen LogP contribution is -2.38. The number of carbonyl (C=O) groups is 2. The predicted molar refractivity (Wildman–Crippen MR) is 158 cm³/mol. The second-order valence-electron chi connectivity index (χ2n) is 10.5. The number of urea groups is 1. The lowest BCUT2D eigenvalue weighted by Gasteiger charge is -2.29. The number of hydrogen-bond acceptors (Lipinski definition) is 6. The molecule has 3 N–H and O–H groups in total. The molecule has 0 atom stereocenters. The molecule has 0 unspecified atom stereocenters. The Hall–Kier alpha value is -4.05. The number of amides is 3. The summed E-state index contributed by atoms with van der Waals surface area (Å²) in [6.07, 6.45) is 4.93. The van der Waals surface area contributed by atoms with Gasteiger partial charge in [-0.1, -0.05) is 30.3 Å². The zero-order valence-electron chi connectivity index (χ0n) is 24.3. The fraction of sp³-hybridized carbons (Fsp3) is 0.452. The molecular weight excluding hydrogens is 522 g/mol. The molecule has 10 nitrogen and oxygen atoms in total. The van der Waals surface area contributed by atoms with Crippen LogP contribution in [0.15, 0.2) is 54.7 Å². The number of anilines is 1. The molecule has 220 valence electrons. The number of aromatic nitrogens is 2. The van der Waals surface area contributed by atoms with Gasteiger partial charge in [0.2, 0.25) is 0 Å². The van der Waals surface area contributed by atoms with E-state index in [1.807, 2.05) is 68.6 Å². The fourth-order valence-electron chi connectivity index (χ4n) is 5.19. The molecule has 3 aromatic rings.